The molecule has 0 aromatic carbocycles. The van der Waals surface area contributed by atoms with Crippen LogP contribution in [0.15, 0.2) is 0 Å². The van der Waals surface area contributed by atoms with Crippen molar-refractivity contribution in [2.24, 2.45) is 0 Å². The zero-order chi connectivity index (χ0) is 12.7. The van der Waals surface area contributed by atoms with Crippen molar-refractivity contribution in [1.29, 1.82) is 5.26 Å². The molecule has 1 aliphatic rings. The summed E-state index contributed by atoms with van der Waals surface area (Å²) in [6.07, 6.45) is 3.20. The Bertz CT molecular complexity index is 258. The van der Waals surface area contributed by atoms with Crippen LogP contribution in [0, 0.1) is 11.3 Å². The lowest BCUT2D eigenvalue weighted by atomic mass is 10.0. The summed E-state index contributed by atoms with van der Waals surface area (Å²) in [5.41, 5.74) is -0.441. The first-order valence-corrected chi connectivity index (χ1v) is 6.55. The second kappa shape index (κ2) is 6.95. The molecule has 17 heavy (non-hydrogen) atoms. The summed E-state index contributed by atoms with van der Waals surface area (Å²) in [7, 11) is 2.11. The lowest BCUT2D eigenvalue weighted by Crippen LogP contribution is -2.52. The van der Waals surface area contributed by atoms with E-state index in [1.165, 1.54) is 0 Å². The molecule has 4 nitrogen and oxygen atoms in total. The van der Waals surface area contributed by atoms with Crippen LogP contribution in [0.3, 0.4) is 0 Å². The molecule has 1 atom stereocenters. The predicted molar refractivity (Wildman–Crippen MR) is 68.8 cm³/mol. The third-order valence-corrected chi connectivity index (χ3v) is 3.39. The molecule has 0 radical (unpaired) electrons. The quantitative estimate of drug-likeness (QED) is 0.761. The van der Waals surface area contributed by atoms with E-state index in [1.807, 2.05) is 6.92 Å². The van der Waals surface area contributed by atoms with Gasteiger partial charge in [0.05, 0.1) is 6.07 Å². The molecule has 1 aliphatic heterocycles. The summed E-state index contributed by atoms with van der Waals surface area (Å²) in [4.78, 5) is 2.30. The Balaban J connectivity index is 2.46. The van der Waals surface area contributed by atoms with E-state index in [0.29, 0.717) is 6.04 Å². The molecule has 0 bridgehead atoms. The molecule has 0 saturated carbocycles. The second-order valence-corrected chi connectivity index (χ2v) is 5.13. The van der Waals surface area contributed by atoms with E-state index in [9.17, 15) is 5.26 Å². The van der Waals surface area contributed by atoms with Crippen molar-refractivity contribution < 1.29 is 4.74 Å². The molecule has 1 N–H and O–H groups in total. The smallest absolute Gasteiger partial charge is 0.116 e. The SMILES string of the molecule is CCCNC(C)(C#N)CN(C)C1CCOCC1. The highest BCUT2D eigenvalue weighted by Crippen LogP contribution is 2.15. The van der Waals surface area contributed by atoms with Crippen LogP contribution < -0.4 is 5.32 Å². The van der Waals surface area contributed by atoms with Gasteiger partial charge in [0.1, 0.15) is 5.54 Å². The zero-order valence-corrected chi connectivity index (χ0v) is 11.3. The molecule has 1 heterocycles. The molecular weight excluding hydrogens is 214 g/mol. The minimum atomic E-state index is -0.441. The largest absolute Gasteiger partial charge is 0.381 e. The Kier molecular flexibility index (Phi) is 5.90. The highest BCUT2D eigenvalue weighted by atomic mass is 16.5. The average Bonchev–Trinajstić information content (AvgIpc) is 2.37. The molecule has 0 aromatic heterocycles. The molecule has 1 rings (SSSR count). The van der Waals surface area contributed by atoms with E-state index < -0.39 is 5.54 Å². The van der Waals surface area contributed by atoms with Gasteiger partial charge in [-0.05, 0) is 39.8 Å². The predicted octanol–water partition coefficient (Wildman–Crippen LogP) is 1.38. The number of rotatable bonds is 6. The van der Waals surface area contributed by atoms with Crippen molar-refractivity contribution >= 4 is 0 Å². The van der Waals surface area contributed by atoms with Gasteiger partial charge in [-0.3, -0.25) is 5.32 Å². The van der Waals surface area contributed by atoms with Crippen molar-refractivity contribution in [2.75, 3.05) is 33.4 Å². The van der Waals surface area contributed by atoms with E-state index in [0.717, 1.165) is 45.6 Å². The van der Waals surface area contributed by atoms with Crippen LogP contribution in [0.2, 0.25) is 0 Å². The maximum absolute atomic E-state index is 9.30. The topological polar surface area (TPSA) is 48.3 Å². The van der Waals surface area contributed by atoms with Crippen molar-refractivity contribution in [2.45, 2.75) is 44.7 Å². The Labute approximate surface area is 105 Å². The van der Waals surface area contributed by atoms with Gasteiger partial charge in [-0.2, -0.15) is 5.26 Å². The summed E-state index contributed by atoms with van der Waals surface area (Å²) >= 11 is 0. The first-order valence-electron chi connectivity index (χ1n) is 6.55. The summed E-state index contributed by atoms with van der Waals surface area (Å²) in [6, 6.07) is 2.95. The lowest BCUT2D eigenvalue weighted by Gasteiger charge is -2.36. The molecule has 1 saturated heterocycles. The van der Waals surface area contributed by atoms with Crippen molar-refractivity contribution in [3.63, 3.8) is 0 Å². The van der Waals surface area contributed by atoms with E-state index in [-0.39, 0.29) is 0 Å². The number of nitrogens with one attached hydrogen (secondary N) is 1. The number of hydrogen-bond acceptors (Lipinski definition) is 4. The van der Waals surface area contributed by atoms with Crippen molar-refractivity contribution in [1.82, 2.24) is 10.2 Å². The third kappa shape index (κ3) is 4.63. The number of nitrogens with zero attached hydrogens (tertiary/aromatic N) is 2. The molecule has 0 spiro atoms. The van der Waals surface area contributed by atoms with Crippen molar-refractivity contribution in [3.8, 4) is 6.07 Å². The van der Waals surface area contributed by atoms with Gasteiger partial charge in [-0.15, -0.1) is 0 Å². The van der Waals surface area contributed by atoms with Gasteiger partial charge in [0.15, 0.2) is 0 Å². The van der Waals surface area contributed by atoms with Gasteiger partial charge < -0.3 is 9.64 Å². The molecule has 1 unspecified atom stereocenters. The fourth-order valence-corrected chi connectivity index (χ4v) is 2.29. The van der Waals surface area contributed by atoms with Gasteiger partial charge in [0.2, 0.25) is 0 Å². The molecule has 4 heteroatoms. The number of nitriles is 1. The van der Waals surface area contributed by atoms with Crippen LogP contribution in [0.25, 0.3) is 0 Å². The maximum Gasteiger partial charge on any atom is 0.116 e. The van der Waals surface area contributed by atoms with Crippen LogP contribution in [0.4, 0.5) is 0 Å². The first-order chi connectivity index (χ1) is 8.11. The fourth-order valence-electron chi connectivity index (χ4n) is 2.29. The van der Waals surface area contributed by atoms with Gasteiger partial charge in [-0.1, -0.05) is 6.92 Å². The Hall–Kier alpha value is -0.630. The molecule has 0 aromatic rings. The normalized spacial score (nSPS) is 21.1. The molecule has 1 fully saturated rings. The van der Waals surface area contributed by atoms with Gasteiger partial charge in [0.25, 0.3) is 0 Å². The van der Waals surface area contributed by atoms with Crippen LogP contribution in [0.1, 0.15) is 33.1 Å². The van der Waals surface area contributed by atoms with Gasteiger partial charge in [0, 0.05) is 25.8 Å². The van der Waals surface area contributed by atoms with E-state index in [2.05, 4.69) is 30.3 Å². The molecule has 98 valence electrons. The first kappa shape index (κ1) is 14.4. The van der Waals surface area contributed by atoms with Crippen LogP contribution >= 0.6 is 0 Å². The third-order valence-electron chi connectivity index (χ3n) is 3.39. The Morgan fingerprint density at radius 1 is 1.47 bits per heavy atom. The van der Waals surface area contributed by atoms with Crippen LogP contribution in [-0.2, 0) is 4.74 Å². The van der Waals surface area contributed by atoms with E-state index in [1.54, 1.807) is 0 Å². The number of ether oxygens (including phenoxy) is 1. The maximum atomic E-state index is 9.30. The minimum absolute atomic E-state index is 0.441. The minimum Gasteiger partial charge on any atom is -0.381 e. The standard InChI is InChI=1S/C13H25N3O/c1-4-7-15-13(2,10-14)11-16(3)12-5-8-17-9-6-12/h12,15H,4-9,11H2,1-3H3. The summed E-state index contributed by atoms with van der Waals surface area (Å²) in [5, 5.41) is 12.6. The van der Waals surface area contributed by atoms with Gasteiger partial charge in [-0.25, -0.2) is 0 Å². The highest BCUT2D eigenvalue weighted by Gasteiger charge is 2.28. The Morgan fingerprint density at radius 3 is 2.65 bits per heavy atom. The van der Waals surface area contributed by atoms with Crippen molar-refractivity contribution in [3.05, 3.63) is 0 Å². The molecule has 0 amide bonds. The summed E-state index contributed by atoms with van der Waals surface area (Å²) in [5.74, 6) is 0. The fraction of sp³-hybridized carbons (Fsp3) is 0.923. The highest BCUT2D eigenvalue weighted by molar-refractivity contribution is 5.06. The zero-order valence-electron chi connectivity index (χ0n) is 11.3. The molecule has 0 aliphatic carbocycles. The monoisotopic (exact) mass is 239 g/mol. The van der Waals surface area contributed by atoms with Gasteiger partial charge >= 0.3 is 0 Å². The average molecular weight is 239 g/mol. The van der Waals surface area contributed by atoms with E-state index in [4.69, 9.17) is 4.74 Å². The van der Waals surface area contributed by atoms with Crippen LogP contribution in [0.5, 0.6) is 0 Å². The van der Waals surface area contributed by atoms with Crippen LogP contribution in [-0.4, -0.2) is 49.8 Å². The van der Waals surface area contributed by atoms with E-state index >= 15 is 0 Å². The Morgan fingerprint density at radius 2 is 2.12 bits per heavy atom. The molecular formula is C13H25N3O. The number of likely N-dealkylation sites (N-methyl/N-ethyl adjacent to an activating group) is 1. The second-order valence-electron chi connectivity index (χ2n) is 5.13. The summed E-state index contributed by atoms with van der Waals surface area (Å²) in [6.45, 7) is 7.46. The lowest BCUT2D eigenvalue weighted by molar-refractivity contribution is 0.0378. The number of hydrogen-bond donors (Lipinski definition) is 1. The summed E-state index contributed by atoms with van der Waals surface area (Å²) < 4.78 is 5.36.